The Balaban J connectivity index is 1.84. The van der Waals surface area contributed by atoms with E-state index in [1.807, 2.05) is 65.8 Å². The molecule has 0 aliphatic heterocycles. The van der Waals surface area contributed by atoms with E-state index in [4.69, 9.17) is 5.10 Å². The Morgan fingerprint density at radius 3 is 2.37 bits per heavy atom. The molecule has 3 aromatic rings. The summed E-state index contributed by atoms with van der Waals surface area (Å²) in [5.41, 5.74) is 3.36. The number of nitrogens with zero attached hydrogens (tertiary/aromatic N) is 3. The summed E-state index contributed by atoms with van der Waals surface area (Å²) in [5, 5.41) is 10.2. The highest BCUT2D eigenvalue weighted by molar-refractivity contribution is 5.96. The number of benzene rings is 2. The second-order valence-electron chi connectivity index (χ2n) is 10.6. The van der Waals surface area contributed by atoms with Gasteiger partial charge in [0.25, 0.3) is 0 Å². The van der Waals surface area contributed by atoms with E-state index in [0.29, 0.717) is 24.8 Å². The summed E-state index contributed by atoms with van der Waals surface area (Å²) in [5.74, 6) is -1.55. The lowest BCUT2D eigenvalue weighted by Crippen LogP contribution is -2.41. The number of aromatic nitrogens is 2. The second-order valence-corrected chi connectivity index (χ2v) is 10.6. The number of aryl methyl sites for hydroxylation is 2. The molecule has 0 radical (unpaired) electrons. The largest absolute Gasteiger partial charge is 0.322 e. The molecule has 2 aromatic carbocycles. The molecule has 204 valence electrons. The van der Waals surface area contributed by atoms with Crippen molar-refractivity contribution in [2.75, 3.05) is 23.7 Å². The highest BCUT2D eigenvalue weighted by Gasteiger charge is 2.24. The van der Waals surface area contributed by atoms with Gasteiger partial charge in [0.2, 0.25) is 5.91 Å². The molecular formula is C29H37F2N5O2. The molecule has 1 heterocycles. The molecule has 3 rings (SSSR count). The van der Waals surface area contributed by atoms with Gasteiger partial charge in [0.1, 0.15) is 24.0 Å². The minimum atomic E-state index is -0.886. The Morgan fingerprint density at radius 2 is 1.74 bits per heavy atom. The van der Waals surface area contributed by atoms with E-state index in [-0.39, 0.29) is 17.6 Å². The lowest BCUT2D eigenvalue weighted by molar-refractivity contribution is -0.116. The molecule has 0 saturated heterocycles. The van der Waals surface area contributed by atoms with Crippen molar-refractivity contribution in [2.45, 2.75) is 66.2 Å². The fourth-order valence-electron chi connectivity index (χ4n) is 4.01. The molecule has 0 saturated carbocycles. The SMILES string of the molecule is CCCCCN(CC(=O)Nc1cc(C(C)(C)C)nn1-c1ccc(C)cc1C)C(=O)Nc1ccc(F)cc1F. The first-order valence-electron chi connectivity index (χ1n) is 12.9. The lowest BCUT2D eigenvalue weighted by Gasteiger charge is -2.23. The molecule has 1 aromatic heterocycles. The summed E-state index contributed by atoms with van der Waals surface area (Å²) in [6, 6.07) is 10.1. The van der Waals surface area contributed by atoms with Gasteiger partial charge < -0.3 is 15.5 Å². The van der Waals surface area contributed by atoms with Crippen LogP contribution in [0.1, 0.15) is 63.8 Å². The normalized spacial score (nSPS) is 11.4. The van der Waals surface area contributed by atoms with E-state index in [2.05, 4.69) is 10.6 Å². The minimum Gasteiger partial charge on any atom is -0.315 e. The van der Waals surface area contributed by atoms with Crippen LogP contribution < -0.4 is 10.6 Å². The molecule has 0 bridgehead atoms. The Labute approximate surface area is 223 Å². The van der Waals surface area contributed by atoms with Crippen LogP contribution in [0.2, 0.25) is 0 Å². The quantitative estimate of drug-likeness (QED) is 0.304. The van der Waals surface area contributed by atoms with E-state index in [1.54, 1.807) is 4.68 Å². The van der Waals surface area contributed by atoms with E-state index in [1.165, 1.54) is 4.90 Å². The monoisotopic (exact) mass is 525 g/mol. The first kappa shape index (κ1) is 28.8. The number of halogens is 2. The molecule has 0 aliphatic rings. The van der Waals surface area contributed by atoms with E-state index in [9.17, 15) is 18.4 Å². The molecule has 7 nitrogen and oxygen atoms in total. The van der Waals surface area contributed by atoms with Crippen LogP contribution in [0, 0.1) is 25.5 Å². The molecule has 0 unspecified atom stereocenters. The Bertz CT molecular complexity index is 1300. The van der Waals surface area contributed by atoms with Gasteiger partial charge in [-0.2, -0.15) is 5.10 Å². The van der Waals surface area contributed by atoms with Gasteiger partial charge in [0.05, 0.1) is 17.1 Å². The molecule has 0 spiro atoms. The van der Waals surface area contributed by atoms with Crippen LogP contribution >= 0.6 is 0 Å². The number of rotatable bonds is 9. The van der Waals surface area contributed by atoms with Crippen LogP contribution in [0.4, 0.5) is 25.1 Å². The molecule has 0 aliphatic carbocycles. The first-order valence-corrected chi connectivity index (χ1v) is 12.9. The van der Waals surface area contributed by atoms with E-state index < -0.39 is 23.6 Å². The van der Waals surface area contributed by atoms with Crippen LogP contribution in [0.15, 0.2) is 42.5 Å². The summed E-state index contributed by atoms with van der Waals surface area (Å²) in [7, 11) is 0. The number of carbonyl (C=O) groups is 2. The summed E-state index contributed by atoms with van der Waals surface area (Å²) < 4.78 is 29.1. The van der Waals surface area contributed by atoms with Crippen molar-refractivity contribution in [1.82, 2.24) is 14.7 Å². The number of anilines is 2. The van der Waals surface area contributed by atoms with Crippen molar-refractivity contribution in [3.8, 4) is 5.69 Å². The average molecular weight is 526 g/mol. The van der Waals surface area contributed by atoms with Crippen molar-refractivity contribution in [2.24, 2.45) is 0 Å². The van der Waals surface area contributed by atoms with Crippen LogP contribution in [-0.2, 0) is 10.2 Å². The van der Waals surface area contributed by atoms with Crippen LogP contribution in [-0.4, -0.2) is 39.7 Å². The smallest absolute Gasteiger partial charge is 0.315 e. The summed E-state index contributed by atoms with van der Waals surface area (Å²) in [6.07, 6.45) is 2.47. The van der Waals surface area contributed by atoms with Gasteiger partial charge in [0, 0.05) is 24.1 Å². The minimum absolute atomic E-state index is 0.153. The number of nitrogens with one attached hydrogen (secondary N) is 2. The van der Waals surface area contributed by atoms with Crippen LogP contribution in [0.5, 0.6) is 0 Å². The van der Waals surface area contributed by atoms with Crippen molar-refractivity contribution < 1.29 is 18.4 Å². The molecule has 0 fully saturated rings. The lowest BCUT2D eigenvalue weighted by atomic mass is 9.92. The van der Waals surface area contributed by atoms with E-state index in [0.717, 1.165) is 47.5 Å². The number of carbonyl (C=O) groups excluding carboxylic acids is 2. The van der Waals surface area contributed by atoms with Gasteiger partial charge in [-0.05, 0) is 44.0 Å². The number of unbranched alkanes of at least 4 members (excludes halogenated alkanes) is 2. The van der Waals surface area contributed by atoms with Crippen LogP contribution in [0.3, 0.4) is 0 Å². The van der Waals surface area contributed by atoms with Crippen molar-refractivity contribution in [1.29, 1.82) is 0 Å². The molecule has 9 heteroatoms. The maximum Gasteiger partial charge on any atom is 0.322 e. The van der Waals surface area contributed by atoms with Crippen molar-refractivity contribution in [3.05, 3.63) is 70.9 Å². The Hall–Kier alpha value is -3.75. The predicted octanol–water partition coefficient (Wildman–Crippen LogP) is 6.73. The topological polar surface area (TPSA) is 79.3 Å². The van der Waals surface area contributed by atoms with Gasteiger partial charge >= 0.3 is 6.03 Å². The highest BCUT2D eigenvalue weighted by atomic mass is 19.1. The fraction of sp³-hybridized carbons (Fsp3) is 0.414. The number of hydrogen-bond donors (Lipinski definition) is 2. The van der Waals surface area contributed by atoms with Gasteiger partial charge in [-0.3, -0.25) is 4.79 Å². The molecule has 3 amide bonds. The number of hydrogen-bond acceptors (Lipinski definition) is 3. The van der Waals surface area contributed by atoms with Crippen molar-refractivity contribution in [3.63, 3.8) is 0 Å². The third kappa shape index (κ3) is 7.40. The van der Waals surface area contributed by atoms with Crippen LogP contribution in [0.25, 0.3) is 5.69 Å². The fourth-order valence-corrected chi connectivity index (χ4v) is 4.01. The zero-order valence-electron chi connectivity index (χ0n) is 23.0. The third-order valence-electron chi connectivity index (χ3n) is 6.15. The second kappa shape index (κ2) is 12.2. The van der Waals surface area contributed by atoms with Crippen molar-refractivity contribution >= 4 is 23.4 Å². The average Bonchev–Trinajstić information content (AvgIpc) is 3.24. The summed E-state index contributed by atoms with van der Waals surface area (Å²) >= 11 is 0. The molecule has 2 N–H and O–H groups in total. The maximum atomic E-state index is 14.1. The summed E-state index contributed by atoms with van der Waals surface area (Å²) in [4.78, 5) is 27.5. The summed E-state index contributed by atoms with van der Waals surface area (Å²) in [6.45, 7) is 12.2. The number of amides is 3. The molecular weight excluding hydrogens is 488 g/mol. The molecule has 0 atom stereocenters. The van der Waals surface area contributed by atoms with E-state index >= 15 is 0 Å². The third-order valence-corrected chi connectivity index (χ3v) is 6.15. The molecule has 38 heavy (non-hydrogen) atoms. The Kier molecular flexibility index (Phi) is 9.25. The maximum absolute atomic E-state index is 14.1. The highest BCUT2D eigenvalue weighted by Crippen LogP contribution is 2.28. The van der Waals surface area contributed by atoms with Gasteiger partial charge in [-0.1, -0.05) is 58.2 Å². The first-order chi connectivity index (χ1) is 17.9. The van der Waals surface area contributed by atoms with Gasteiger partial charge in [0.15, 0.2) is 0 Å². The Morgan fingerprint density at radius 1 is 1.00 bits per heavy atom. The standard InChI is InChI=1S/C29H37F2N5O2/c1-7-8-9-14-35(28(38)32-23-12-11-21(30)16-22(23)31)18-27(37)33-26-17-25(29(4,5)6)34-36(26)24-13-10-19(2)15-20(24)3/h10-13,15-17H,7-9,14,18H2,1-6H3,(H,32,38)(H,33,37). The zero-order valence-corrected chi connectivity index (χ0v) is 23.0. The van der Waals surface area contributed by atoms with Gasteiger partial charge in [-0.15, -0.1) is 0 Å². The predicted molar refractivity (Wildman–Crippen MR) is 147 cm³/mol. The zero-order chi connectivity index (χ0) is 28.0. The van der Waals surface area contributed by atoms with Gasteiger partial charge in [-0.25, -0.2) is 18.3 Å². The number of urea groups is 1.